The summed E-state index contributed by atoms with van der Waals surface area (Å²) in [5.41, 5.74) is 2.83. The first-order chi connectivity index (χ1) is 8.61. The lowest BCUT2D eigenvalue weighted by atomic mass is 10.2. The number of nitrogens with one attached hydrogen (secondary N) is 1. The Labute approximate surface area is 109 Å². The Hall–Kier alpha value is -1.73. The zero-order chi connectivity index (χ0) is 13.1. The zero-order valence-corrected chi connectivity index (χ0v) is 11.0. The smallest absolute Gasteiger partial charge is 0.301 e. The fraction of sp³-hybridized carbons (Fsp3) is 0.273. The van der Waals surface area contributed by atoms with Gasteiger partial charge in [-0.2, -0.15) is 0 Å². The summed E-state index contributed by atoms with van der Waals surface area (Å²) >= 11 is 1.54. The predicted octanol–water partition coefficient (Wildman–Crippen LogP) is 1.22. The van der Waals surface area contributed by atoms with Crippen molar-refractivity contribution in [1.29, 1.82) is 0 Å². The van der Waals surface area contributed by atoms with Crippen molar-refractivity contribution in [3.8, 4) is 0 Å². The van der Waals surface area contributed by atoms with Gasteiger partial charge in [0.1, 0.15) is 5.76 Å². The minimum Gasteiger partial charge on any atom is -0.455 e. The summed E-state index contributed by atoms with van der Waals surface area (Å²) in [5, 5.41) is 0.897. The maximum Gasteiger partial charge on any atom is 0.301 e. The highest BCUT2D eigenvalue weighted by molar-refractivity contribution is 7.98. The maximum atomic E-state index is 11.4. The lowest BCUT2D eigenvalue weighted by Gasteiger charge is -1.99. The molecule has 0 aliphatic carbocycles. The van der Waals surface area contributed by atoms with Crippen molar-refractivity contribution in [2.75, 3.05) is 0 Å². The number of imidazole rings is 1. The van der Waals surface area contributed by atoms with Crippen LogP contribution in [0.25, 0.3) is 0 Å². The van der Waals surface area contributed by atoms with Gasteiger partial charge in [0.15, 0.2) is 10.9 Å². The average molecular weight is 266 g/mol. The van der Waals surface area contributed by atoms with E-state index in [4.69, 9.17) is 10.3 Å². The number of nitrogens with zero attached hydrogens (tertiary/aromatic N) is 2. The van der Waals surface area contributed by atoms with Gasteiger partial charge in [-0.1, -0.05) is 11.8 Å². The molecule has 0 atom stereocenters. The van der Waals surface area contributed by atoms with E-state index < -0.39 is 5.91 Å². The van der Waals surface area contributed by atoms with Crippen LogP contribution in [0.5, 0.6) is 0 Å². The summed E-state index contributed by atoms with van der Waals surface area (Å²) < 4.78 is 7.38. The van der Waals surface area contributed by atoms with E-state index >= 15 is 0 Å². The number of thioether (sulfide) groups is 1. The van der Waals surface area contributed by atoms with Crippen molar-refractivity contribution in [3.63, 3.8) is 0 Å². The van der Waals surface area contributed by atoms with Gasteiger partial charge < -0.3 is 8.98 Å². The van der Waals surface area contributed by atoms with E-state index in [0.29, 0.717) is 5.75 Å². The molecule has 0 saturated heterocycles. The average Bonchev–Trinajstić information content (AvgIpc) is 2.92. The fourth-order valence-corrected chi connectivity index (χ4v) is 2.35. The number of nitrogen functional groups attached to an aromatic ring is 1. The summed E-state index contributed by atoms with van der Waals surface area (Å²) in [6.07, 6.45) is 3.62. The Kier molecular flexibility index (Phi) is 3.73. The number of nitrogens with two attached hydrogens (primary N) is 1. The topological polar surface area (TPSA) is 86.1 Å². The Morgan fingerprint density at radius 1 is 1.67 bits per heavy atom. The molecule has 6 nitrogen and oxygen atoms in total. The molecule has 0 spiro atoms. The van der Waals surface area contributed by atoms with Crippen LogP contribution in [-0.4, -0.2) is 15.5 Å². The molecule has 2 heterocycles. The van der Waals surface area contributed by atoms with Gasteiger partial charge in [-0.25, -0.2) is 10.8 Å². The molecular weight excluding hydrogens is 252 g/mol. The van der Waals surface area contributed by atoms with Gasteiger partial charge in [-0.15, -0.1) is 0 Å². The third kappa shape index (κ3) is 2.57. The van der Waals surface area contributed by atoms with E-state index in [-0.39, 0.29) is 5.76 Å². The third-order valence-corrected chi connectivity index (χ3v) is 3.51. The molecule has 2 aromatic rings. The van der Waals surface area contributed by atoms with E-state index in [0.717, 1.165) is 16.5 Å². The van der Waals surface area contributed by atoms with Gasteiger partial charge in [0.25, 0.3) is 0 Å². The molecular formula is C11H14N4O2S. The first-order valence-electron chi connectivity index (χ1n) is 5.32. The van der Waals surface area contributed by atoms with Gasteiger partial charge >= 0.3 is 5.91 Å². The number of hydrogen-bond acceptors (Lipinski definition) is 5. The summed E-state index contributed by atoms with van der Waals surface area (Å²) in [6.45, 7) is 1.81. The number of hydrazine groups is 1. The van der Waals surface area contributed by atoms with Crippen molar-refractivity contribution >= 4 is 17.7 Å². The van der Waals surface area contributed by atoms with Gasteiger partial charge in [-0.05, 0) is 13.0 Å². The van der Waals surface area contributed by atoms with E-state index in [2.05, 4.69) is 10.4 Å². The molecule has 0 radical (unpaired) electrons. The van der Waals surface area contributed by atoms with E-state index in [1.165, 1.54) is 0 Å². The lowest BCUT2D eigenvalue weighted by Crippen LogP contribution is -2.30. The minimum absolute atomic E-state index is 0.257. The van der Waals surface area contributed by atoms with E-state index in [1.54, 1.807) is 18.0 Å². The second-order valence-electron chi connectivity index (χ2n) is 3.81. The van der Waals surface area contributed by atoms with Gasteiger partial charge in [0.05, 0.1) is 5.75 Å². The Morgan fingerprint density at radius 3 is 3.06 bits per heavy atom. The zero-order valence-electron chi connectivity index (χ0n) is 10.1. The van der Waals surface area contributed by atoms with Gasteiger partial charge in [0, 0.05) is 25.0 Å². The van der Waals surface area contributed by atoms with Crippen molar-refractivity contribution in [3.05, 3.63) is 35.5 Å². The molecule has 0 unspecified atom stereocenters. The second-order valence-corrected chi connectivity index (χ2v) is 4.75. The Morgan fingerprint density at radius 2 is 2.44 bits per heavy atom. The van der Waals surface area contributed by atoms with Crippen molar-refractivity contribution in [2.45, 2.75) is 17.8 Å². The van der Waals surface area contributed by atoms with Crippen molar-refractivity contribution in [1.82, 2.24) is 15.0 Å². The molecule has 0 bridgehead atoms. The predicted molar refractivity (Wildman–Crippen MR) is 67.9 cm³/mol. The molecule has 3 N–H and O–H groups in total. The molecule has 1 amide bonds. The van der Waals surface area contributed by atoms with Crippen LogP contribution in [0.3, 0.4) is 0 Å². The summed E-state index contributed by atoms with van der Waals surface area (Å²) in [7, 11) is 1.93. The van der Waals surface area contributed by atoms with E-state index in [1.807, 2.05) is 30.8 Å². The summed E-state index contributed by atoms with van der Waals surface area (Å²) in [6, 6.07) is 1.83. The highest BCUT2D eigenvalue weighted by Gasteiger charge is 2.15. The number of hydrogen-bond donors (Lipinski definition) is 2. The molecule has 0 aromatic carbocycles. The molecule has 96 valence electrons. The number of furan rings is 1. The summed E-state index contributed by atoms with van der Waals surface area (Å²) in [4.78, 5) is 15.6. The molecule has 7 heteroatoms. The number of carbonyl (C=O) groups is 1. The molecule has 0 fully saturated rings. The monoisotopic (exact) mass is 266 g/mol. The second kappa shape index (κ2) is 5.28. The first-order valence-corrected chi connectivity index (χ1v) is 6.30. The quantitative estimate of drug-likeness (QED) is 0.376. The van der Waals surface area contributed by atoms with Crippen LogP contribution in [0.15, 0.2) is 28.0 Å². The van der Waals surface area contributed by atoms with Crippen LogP contribution in [-0.2, 0) is 12.8 Å². The van der Waals surface area contributed by atoms with E-state index in [9.17, 15) is 4.79 Å². The maximum absolute atomic E-state index is 11.4. The first kappa shape index (κ1) is 12.7. The molecule has 0 aliphatic rings. The molecule has 2 rings (SSSR count). The fourth-order valence-electron chi connectivity index (χ4n) is 1.54. The van der Waals surface area contributed by atoms with Crippen molar-refractivity contribution in [2.24, 2.45) is 12.9 Å². The number of aryl methyl sites for hydroxylation is 2. The number of carbonyl (C=O) groups excluding carboxylic acids is 1. The number of aromatic nitrogens is 2. The highest BCUT2D eigenvalue weighted by Crippen LogP contribution is 2.23. The highest BCUT2D eigenvalue weighted by atomic mass is 32.2. The van der Waals surface area contributed by atoms with Gasteiger partial charge in [-0.3, -0.25) is 10.2 Å². The van der Waals surface area contributed by atoms with Crippen LogP contribution in [0, 0.1) is 6.92 Å². The largest absolute Gasteiger partial charge is 0.455 e. The third-order valence-electron chi connectivity index (χ3n) is 2.43. The standard InChI is InChI=1S/C11H14N4O2S/c1-7-5-8(17-9(7)10(16)14-12)6-18-11-13-3-4-15(11)2/h3-5H,6,12H2,1-2H3,(H,14,16). The van der Waals surface area contributed by atoms with Crippen LogP contribution in [0.2, 0.25) is 0 Å². The number of rotatable bonds is 4. The normalized spacial score (nSPS) is 10.6. The van der Waals surface area contributed by atoms with Gasteiger partial charge in [0.2, 0.25) is 0 Å². The lowest BCUT2D eigenvalue weighted by molar-refractivity contribution is 0.0923. The molecule has 2 aromatic heterocycles. The number of amides is 1. The Balaban J connectivity index is 2.07. The van der Waals surface area contributed by atoms with Crippen LogP contribution >= 0.6 is 11.8 Å². The molecule has 0 aliphatic heterocycles. The summed E-state index contributed by atoms with van der Waals surface area (Å²) in [5.74, 6) is 6.25. The minimum atomic E-state index is -0.416. The van der Waals surface area contributed by atoms with Crippen molar-refractivity contribution < 1.29 is 9.21 Å². The molecule has 0 saturated carbocycles. The van der Waals surface area contributed by atoms with Crippen LogP contribution < -0.4 is 11.3 Å². The molecule has 18 heavy (non-hydrogen) atoms. The van der Waals surface area contributed by atoms with Crippen LogP contribution in [0.4, 0.5) is 0 Å². The SMILES string of the molecule is Cc1cc(CSc2nccn2C)oc1C(=O)NN. The Bertz CT molecular complexity index is 561. The van der Waals surface area contributed by atoms with Crippen LogP contribution in [0.1, 0.15) is 21.9 Å².